The van der Waals surface area contributed by atoms with Gasteiger partial charge >= 0.3 is 0 Å². The number of hydrogen-bond donors (Lipinski definition) is 0. The molecule has 0 aromatic carbocycles. The summed E-state index contributed by atoms with van der Waals surface area (Å²) in [5, 5.41) is 0. The maximum absolute atomic E-state index is 11.7. The van der Waals surface area contributed by atoms with E-state index >= 15 is 0 Å². The quantitative estimate of drug-likeness (QED) is 0.544. The molecule has 2 rings (SSSR count). The van der Waals surface area contributed by atoms with Gasteiger partial charge in [-0.3, -0.25) is 4.79 Å². The molecule has 1 aliphatic carbocycles. The molecule has 0 fully saturated rings. The summed E-state index contributed by atoms with van der Waals surface area (Å²) in [7, 11) is 1.63. The van der Waals surface area contributed by atoms with Crippen molar-refractivity contribution in [2.75, 3.05) is 7.11 Å². The summed E-state index contributed by atoms with van der Waals surface area (Å²) in [5.74, 6) is 0.104. The lowest BCUT2D eigenvalue weighted by atomic mass is 9.99. The Morgan fingerprint density at radius 2 is 2.46 bits per heavy atom. The van der Waals surface area contributed by atoms with E-state index in [0.717, 1.165) is 24.0 Å². The van der Waals surface area contributed by atoms with E-state index in [4.69, 9.17) is 4.74 Å². The van der Waals surface area contributed by atoms with Crippen molar-refractivity contribution in [1.29, 1.82) is 0 Å². The van der Waals surface area contributed by atoms with E-state index in [0.29, 0.717) is 0 Å². The topological polar surface area (TPSA) is 29.5 Å². The van der Waals surface area contributed by atoms with Crippen molar-refractivity contribution in [2.24, 2.45) is 0 Å². The van der Waals surface area contributed by atoms with Crippen LogP contribution in [0.2, 0.25) is 0 Å². The van der Waals surface area contributed by atoms with E-state index < -0.39 is 0 Å². The molecule has 0 N–H and O–H groups in total. The van der Waals surface area contributed by atoms with Gasteiger partial charge in [0, 0.05) is 18.3 Å². The number of carbonyl (C=O) groups excluding carboxylic acids is 1. The molecule has 1 aliphatic heterocycles. The second-order valence-corrected chi connectivity index (χ2v) is 4.12. The van der Waals surface area contributed by atoms with Crippen LogP contribution in [0.15, 0.2) is 23.3 Å². The highest BCUT2D eigenvalue weighted by atomic mass is 127. The van der Waals surface area contributed by atoms with Crippen molar-refractivity contribution in [3.8, 4) is 0 Å². The molecule has 0 bridgehead atoms. The highest BCUT2D eigenvalue weighted by molar-refractivity contribution is 14.1. The highest BCUT2D eigenvalue weighted by Gasteiger charge is 2.37. The Bertz CT molecular complexity index is 309. The average Bonchev–Trinajstić information content (AvgIpc) is 2.41. The summed E-state index contributed by atoms with van der Waals surface area (Å²) in [4.78, 5) is 11.7. The van der Waals surface area contributed by atoms with Crippen molar-refractivity contribution in [1.82, 2.24) is 3.11 Å². The first-order valence-electron chi connectivity index (χ1n) is 4.17. The van der Waals surface area contributed by atoms with Crippen LogP contribution in [-0.4, -0.2) is 22.4 Å². The summed E-state index contributed by atoms with van der Waals surface area (Å²) >= 11 is 2.01. The van der Waals surface area contributed by atoms with Gasteiger partial charge < -0.3 is 4.74 Å². The highest BCUT2D eigenvalue weighted by Crippen LogP contribution is 2.35. The molecule has 1 atom stereocenters. The Hall–Kier alpha value is -0.360. The first-order valence-corrected chi connectivity index (χ1v) is 5.14. The van der Waals surface area contributed by atoms with Gasteiger partial charge in [-0.05, 0) is 12.8 Å². The van der Waals surface area contributed by atoms with Gasteiger partial charge in [-0.2, -0.15) is 0 Å². The Balaban J connectivity index is 2.39. The molecule has 1 unspecified atom stereocenters. The number of amides is 1. The van der Waals surface area contributed by atoms with Crippen LogP contribution in [0, 0.1) is 0 Å². The molecule has 2 aliphatic rings. The maximum atomic E-state index is 11.7. The number of methoxy groups -OCH3 is 1. The second kappa shape index (κ2) is 3.42. The molecule has 70 valence electrons. The molecule has 13 heavy (non-hydrogen) atoms. The van der Waals surface area contributed by atoms with Crippen LogP contribution < -0.4 is 0 Å². The monoisotopic (exact) mass is 291 g/mol. The molecular weight excluding hydrogens is 281 g/mol. The van der Waals surface area contributed by atoms with Crippen LogP contribution in [0.5, 0.6) is 0 Å². The third-order valence-electron chi connectivity index (χ3n) is 2.35. The minimum absolute atomic E-state index is 0.104. The molecule has 0 spiro atoms. The lowest BCUT2D eigenvalue weighted by Gasteiger charge is -2.17. The maximum Gasteiger partial charge on any atom is 0.261 e. The Labute approximate surface area is 90.9 Å². The van der Waals surface area contributed by atoms with Gasteiger partial charge in [0.25, 0.3) is 5.91 Å². The zero-order valence-electron chi connectivity index (χ0n) is 7.29. The fraction of sp³-hybridized carbons (Fsp3) is 0.444. The third kappa shape index (κ3) is 1.32. The molecule has 0 aromatic rings. The van der Waals surface area contributed by atoms with Crippen LogP contribution >= 0.6 is 22.9 Å². The number of nitrogens with zero attached hydrogens (tertiary/aromatic N) is 1. The Morgan fingerprint density at radius 1 is 1.69 bits per heavy atom. The van der Waals surface area contributed by atoms with Gasteiger partial charge in [0.15, 0.2) is 6.23 Å². The van der Waals surface area contributed by atoms with Crippen LogP contribution in [0.25, 0.3) is 0 Å². The number of halogens is 1. The molecule has 1 heterocycles. The van der Waals surface area contributed by atoms with E-state index in [-0.39, 0.29) is 12.1 Å². The van der Waals surface area contributed by atoms with Gasteiger partial charge in [-0.1, -0.05) is 12.2 Å². The molecular formula is C9H10INO2. The standard InChI is InChI=1S/C9H10INO2/c1-13-9-7-5-3-2-4-6(7)8(12)11(9)10/h3,5,9H,2,4H2,1H3. The van der Waals surface area contributed by atoms with Crippen LogP contribution in [0.1, 0.15) is 12.8 Å². The third-order valence-corrected chi connectivity index (χ3v) is 3.30. The lowest BCUT2D eigenvalue weighted by molar-refractivity contribution is -0.124. The molecule has 3 nitrogen and oxygen atoms in total. The molecule has 0 radical (unpaired) electrons. The smallest absolute Gasteiger partial charge is 0.261 e. The van der Waals surface area contributed by atoms with E-state index in [1.54, 1.807) is 10.2 Å². The largest absolute Gasteiger partial charge is 0.356 e. The van der Waals surface area contributed by atoms with Gasteiger partial charge in [-0.25, -0.2) is 3.11 Å². The van der Waals surface area contributed by atoms with E-state index in [9.17, 15) is 4.79 Å². The Kier molecular flexibility index (Phi) is 2.42. The summed E-state index contributed by atoms with van der Waals surface area (Å²) in [6, 6.07) is 0. The predicted octanol–water partition coefficient (Wildman–Crippen LogP) is 1.80. The minimum atomic E-state index is -0.181. The first kappa shape index (κ1) is 9.21. The molecule has 4 heteroatoms. The van der Waals surface area contributed by atoms with E-state index in [2.05, 4.69) is 6.08 Å². The number of ether oxygens (including phenoxy) is 1. The number of hydrogen-bond acceptors (Lipinski definition) is 2. The summed E-state index contributed by atoms with van der Waals surface area (Å²) < 4.78 is 6.87. The second-order valence-electron chi connectivity index (χ2n) is 3.08. The van der Waals surface area contributed by atoms with Crippen molar-refractivity contribution in [3.63, 3.8) is 0 Å². The SMILES string of the molecule is COC1C2=C(CCC=C2)C(=O)N1I. The van der Waals surface area contributed by atoms with Gasteiger partial charge in [-0.15, -0.1) is 0 Å². The predicted molar refractivity (Wildman–Crippen MR) is 57.1 cm³/mol. The Morgan fingerprint density at radius 3 is 3.15 bits per heavy atom. The lowest BCUT2D eigenvalue weighted by Crippen LogP contribution is -2.27. The summed E-state index contributed by atoms with van der Waals surface area (Å²) in [6.45, 7) is 0. The minimum Gasteiger partial charge on any atom is -0.356 e. The normalized spacial score (nSPS) is 27.1. The molecule has 1 amide bonds. The summed E-state index contributed by atoms with van der Waals surface area (Å²) in [6.07, 6.45) is 5.73. The summed E-state index contributed by atoms with van der Waals surface area (Å²) in [5.41, 5.74) is 1.96. The number of allylic oxidation sites excluding steroid dienone is 1. The molecule has 0 saturated carbocycles. The number of carbonyl (C=O) groups is 1. The first-order chi connectivity index (χ1) is 6.25. The van der Waals surface area contributed by atoms with Crippen molar-refractivity contribution in [3.05, 3.63) is 23.3 Å². The van der Waals surface area contributed by atoms with Gasteiger partial charge in [0.2, 0.25) is 0 Å². The number of rotatable bonds is 1. The van der Waals surface area contributed by atoms with Gasteiger partial charge in [0.05, 0.1) is 22.9 Å². The fourth-order valence-electron chi connectivity index (χ4n) is 1.72. The fourth-order valence-corrected chi connectivity index (χ4v) is 2.54. The molecule has 0 saturated heterocycles. The van der Waals surface area contributed by atoms with Crippen molar-refractivity contribution >= 4 is 28.8 Å². The zero-order valence-corrected chi connectivity index (χ0v) is 9.45. The zero-order chi connectivity index (χ0) is 9.42. The molecule has 0 aromatic heterocycles. The van der Waals surface area contributed by atoms with Crippen molar-refractivity contribution < 1.29 is 9.53 Å². The van der Waals surface area contributed by atoms with Crippen LogP contribution in [-0.2, 0) is 9.53 Å². The van der Waals surface area contributed by atoms with Crippen LogP contribution in [0.3, 0.4) is 0 Å². The van der Waals surface area contributed by atoms with Crippen molar-refractivity contribution in [2.45, 2.75) is 19.1 Å². The average molecular weight is 291 g/mol. The van der Waals surface area contributed by atoms with Gasteiger partial charge in [0.1, 0.15) is 0 Å². The van der Waals surface area contributed by atoms with E-state index in [1.807, 2.05) is 28.9 Å². The van der Waals surface area contributed by atoms with E-state index in [1.165, 1.54) is 0 Å². The van der Waals surface area contributed by atoms with Crippen LogP contribution in [0.4, 0.5) is 0 Å².